The molecule has 14 heavy (non-hydrogen) atoms. The van der Waals surface area contributed by atoms with Crippen LogP contribution in [0.25, 0.3) is 0 Å². The fraction of sp³-hybridized carbons (Fsp3) is 0.333. The number of rotatable bonds is 3. The standard InChI is InChI=1S/C12H14Cl2/c1-4-6-10-7-5-8-11(9(10)2)12(3,13)14/h4-5,7-8H,1,6H2,2-3H3. The Morgan fingerprint density at radius 1 is 1.43 bits per heavy atom. The van der Waals surface area contributed by atoms with Crippen LogP contribution in [0.5, 0.6) is 0 Å². The summed E-state index contributed by atoms with van der Waals surface area (Å²) in [5.74, 6) is 0. The lowest BCUT2D eigenvalue weighted by atomic mass is 9.98. The summed E-state index contributed by atoms with van der Waals surface area (Å²) in [7, 11) is 0. The molecular weight excluding hydrogens is 215 g/mol. The van der Waals surface area contributed by atoms with Crippen molar-refractivity contribution in [2.75, 3.05) is 0 Å². The van der Waals surface area contributed by atoms with Crippen molar-refractivity contribution in [1.82, 2.24) is 0 Å². The van der Waals surface area contributed by atoms with Crippen LogP contribution in [-0.4, -0.2) is 0 Å². The molecule has 0 saturated carbocycles. The summed E-state index contributed by atoms with van der Waals surface area (Å²) >= 11 is 12.2. The van der Waals surface area contributed by atoms with Crippen LogP contribution < -0.4 is 0 Å². The first-order valence-electron chi connectivity index (χ1n) is 4.54. The largest absolute Gasteiger partial charge is 0.140 e. The Balaban J connectivity index is 3.20. The van der Waals surface area contributed by atoms with E-state index in [4.69, 9.17) is 23.2 Å². The highest BCUT2D eigenvalue weighted by Crippen LogP contribution is 2.36. The van der Waals surface area contributed by atoms with Crippen molar-refractivity contribution in [2.45, 2.75) is 24.6 Å². The summed E-state index contributed by atoms with van der Waals surface area (Å²) in [6.45, 7) is 7.55. The molecule has 0 amide bonds. The fourth-order valence-electron chi connectivity index (χ4n) is 1.54. The first-order valence-corrected chi connectivity index (χ1v) is 5.30. The minimum Gasteiger partial charge on any atom is -0.103 e. The number of hydrogen-bond donors (Lipinski definition) is 0. The Bertz CT molecular complexity index is 335. The lowest BCUT2D eigenvalue weighted by molar-refractivity contribution is 0.950. The van der Waals surface area contributed by atoms with Crippen molar-refractivity contribution in [3.8, 4) is 0 Å². The van der Waals surface area contributed by atoms with Gasteiger partial charge in [-0.15, -0.1) is 6.58 Å². The monoisotopic (exact) mass is 228 g/mol. The van der Waals surface area contributed by atoms with E-state index in [2.05, 4.69) is 12.6 Å². The molecule has 0 aliphatic rings. The highest BCUT2D eigenvalue weighted by molar-refractivity contribution is 6.47. The Morgan fingerprint density at radius 3 is 2.57 bits per heavy atom. The van der Waals surface area contributed by atoms with E-state index in [0.717, 1.165) is 17.5 Å². The molecule has 1 aromatic carbocycles. The topological polar surface area (TPSA) is 0 Å². The number of alkyl halides is 2. The molecule has 0 aliphatic carbocycles. The SMILES string of the molecule is C=CCc1cccc(C(C)(Cl)Cl)c1C. The maximum Gasteiger partial charge on any atom is 0.140 e. The number of hydrogen-bond acceptors (Lipinski definition) is 0. The van der Waals surface area contributed by atoms with Crippen molar-refractivity contribution in [2.24, 2.45) is 0 Å². The number of halogens is 2. The lowest BCUT2D eigenvalue weighted by Crippen LogP contribution is -2.07. The van der Waals surface area contributed by atoms with Gasteiger partial charge in [0.1, 0.15) is 4.33 Å². The summed E-state index contributed by atoms with van der Waals surface area (Å²) in [6, 6.07) is 6.01. The van der Waals surface area contributed by atoms with Gasteiger partial charge in [-0.1, -0.05) is 47.5 Å². The molecule has 0 radical (unpaired) electrons. The van der Waals surface area contributed by atoms with Gasteiger partial charge in [-0.25, -0.2) is 0 Å². The molecule has 0 atom stereocenters. The highest BCUT2D eigenvalue weighted by atomic mass is 35.5. The van der Waals surface area contributed by atoms with Crippen LogP contribution in [0.1, 0.15) is 23.6 Å². The summed E-state index contributed by atoms with van der Waals surface area (Å²) < 4.78 is -0.818. The predicted octanol–water partition coefficient (Wildman–Crippen LogP) is 4.37. The van der Waals surface area contributed by atoms with Crippen LogP contribution in [-0.2, 0) is 10.8 Å². The fourth-order valence-corrected chi connectivity index (χ4v) is 1.95. The molecule has 0 aromatic heterocycles. The van der Waals surface area contributed by atoms with Crippen molar-refractivity contribution >= 4 is 23.2 Å². The van der Waals surface area contributed by atoms with Crippen molar-refractivity contribution in [1.29, 1.82) is 0 Å². The van der Waals surface area contributed by atoms with Gasteiger partial charge in [-0.2, -0.15) is 0 Å². The Labute approximate surface area is 95.5 Å². The summed E-state index contributed by atoms with van der Waals surface area (Å²) in [6.07, 6.45) is 2.73. The quantitative estimate of drug-likeness (QED) is 0.533. The molecule has 0 saturated heterocycles. The van der Waals surface area contributed by atoms with Crippen molar-refractivity contribution < 1.29 is 0 Å². The third-order valence-corrected chi connectivity index (χ3v) is 2.69. The van der Waals surface area contributed by atoms with E-state index in [9.17, 15) is 0 Å². The van der Waals surface area contributed by atoms with E-state index >= 15 is 0 Å². The molecule has 0 spiro atoms. The van der Waals surface area contributed by atoms with Crippen molar-refractivity contribution in [3.63, 3.8) is 0 Å². The van der Waals surface area contributed by atoms with Crippen molar-refractivity contribution in [3.05, 3.63) is 47.5 Å². The summed E-state index contributed by atoms with van der Waals surface area (Å²) in [4.78, 5) is 0. The predicted molar refractivity (Wildman–Crippen MR) is 64.1 cm³/mol. The Kier molecular flexibility index (Phi) is 3.63. The zero-order chi connectivity index (χ0) is 10.8. The minimum absolute atomic E-state index is 0.818. The molecule has 0 fully saturated rings. The van der Waals surface area contributed by atoms with Gasteiger partial charge >= 0.3 is 0 Å². The molecule has 1 rings (SSSR count). The molecule has 0 aliphatic heterocycles. The minimum atomic E-state index is -0.818. The van der Waals surface area contributed by atoms with E-state index in [1.54, 1.807) is 6.92 Å². The molecule has 76 valence electrons. The molecule has 0 unspecified atom stereocenters. The number of benzene rings is 1. The van der Waals surface area contributed by atoms with Crippen LogP contribution in [0.4, 0.5) is 0 Å². The molecular formula is C12H14Cl2. The van der Waals surface area contributed by atoms with Gasteiger partial charge < -0.3 is 0 Å². The van der Waals surface area contributed by atoms with Gasteiger partial charge in [0.05, 0.1) is 0 Å². The van der Waals surface area contributed by atoms with Crippen LogP contribution in [0, 0.1) is 6.92 Å². The highest BCUT2D eigenvalue weighted by Gasteiger charge is 2.22. The van der Waals surface area contributed by atoms with Crippen LogP contribution in [0.2, 0.25) is 0 Å². The Morgan fingerprint density at radius 2 is 2.07 bits per heavy atom. The van der Waals surface area contributed by atoms with Crippen LogP contribution in [0.15, 0.2) is 30.9 Å². The van der Waals surface area contributed by atoms with Crippen LogP contribution >= 0.6 is 23.2 Å². The molecule has 0 heterocycles. The van der Waals surface area contributed by atoms with Gasteiger partial charge in [0.2, 0.25) is 0 Å². The van der Waals surface area contributed by atoms with Gasteiger partial charge in [0.15, 0.2) is 0 Å². The second kappa shape index (κ2) is 4.37. The molecule has 2 heteroatoms. The van der Waals surface area contributed by atoms with E-state index in [-0.39, 0.29) is 0 Å². The normalized spacial score (nSPS) is 11.4. The van der Waals surface area contributed by atoms with E-state index in [0.29, 0.717) is 0 Å². The lowest BCUT2D eigenvalue weighted by Gasteiger charge is -2.18. The second-order valence-corrected chi connectivity index (χ2v) is 5.18. The zero-order valence-electron chi connectivity index (χ0n) is 8.48. The first kappa shape index (κ1) is 11.6. The van der Waals surface area contributed by atoms with Gasteiger partial charge in [0.25, 0.3) is 0 Å². The first-order chi connectivity index (χ1) is 6.46. The summed E-state index contributed by atoms with van der Waals surface area (Å²) in [5.41, 5.74) is 3.35. The number of allylic oxidation sites excluding steroid dienone is 1. The third-order valence-electron chi connectivity index (χ3n) is 2.28. The van der Waals surface area contributed by atoms with Gasteiger partial charge in [-0.05, 0) is 37.0 Å². The molecule has 0 nitrogen and oxygen atoms in total. The molecule has 0 N–H and O–H groups in total. The zero-order valence-corrected chi connectivity index (χ0v) is 9.99. The van der Waals surface area contributed by atoms with Gasteiger partial charge in [-0.3, -0.25) is 0 Å². The maximum atomic E-state index is 6.08. The van der Waals surface area contributed by atoms with E-state index in [1.165, 1.54) is 5.56 Å². The van der Waals surface area contributed by atoms with Crippen LogP contribution in [0.3, 0.4) is 0 Å². The molecule has 0 bridgehead atoms. The van der Waals surface area contributed by atoms with E-state index < -0.39 is 4.33 Å². The maximum absolute atomic E-state index is 6.08. The average molecular weight is 229 g/mol. The second-order valence-electron chi connectivity index (χ2n) is 3.47. The Hall–Kier alpha value is -0.460. The average Bonchev–Trinajstić information content (AvgIpc) is 2.07. The van der Waals surface area contributed by atoms with Gasteiger partial charge in [0, 0.05) is 0 Å². The smallest absolute Gasteiger partial charge is 0.103 e. The third kappa shape index (κ3) is 2.52. The summed E-state index contributed by atoms with van der Waals surface area (Å²) in [5, 5.41) is 0. The molecule has 1 aromatic rings. The van der Waals surface area contributed by atoms with E-state index in [1.807, 2.05) is 25.1 Å².